The number of hydrogen-bond acceptors (Lipinski definition) is 2. The highest BCUT2D eigenvalue weighted by atomic mass is 35.5. The van der Waals surface area contributed by atoms with Crippen LogP contribution in [0.3, 0.4) is 0 Å². The highest BCUT2D eigenvalue weighted by molar-refractivity contribution is 6.32. The summed E-state index contributed by atoms with van der Waals surface area (Å²) in [4.78, 5) is 0. The molecule has 0 bridgehead atoms. The van der Waals surface area contributed by atoms with E-state index in [4.69, 9.17) is 22.1 Å². The first-order valence-electron chi connectivity index (χ1n) is 6.44. The maximum atomic E-state index is 13.1. The van der Waals surface area contributed by atoms with Crippen molar-refractivity contribution in [2.45, 2.75) is 26.3 Å². The normalized spacial score (nSPS) is 12.2. The average Bonchev–Trinajstić information content (AvgIpc) is 2.35. The van der Waals surface area contributed by atoms with Crippen LogP contribution in [0.5, 0.6) is 11.5 Å². The second kappa shape index (κ2) is 6.25. The molecule has 4 heteroatoms. The Kier molecular flexibility index (Phi) is 4.63. The molecule has 0 saturated heterocycles. The van der Waals surface area contributed by atoms with Gasteiger partial charge in [0.15, 0.2) is 0 Å². The molecule has 0 radical (unpaired) electrons. The molecule has 2 aromatic carbocycles. The van der Waals surface area contributed by atoms with Crippen LogP contribution >= 0.6 is 11.6 Å². The molecule has 0 heterocycles. The molecule has 0 aliphatic heterocycles. The second-order valence-corrected chi connectivity index (χ2v) is 5.33. The van der Waals surface area contributed by atoms with Gasteiger partial charge in [0.2, 0.25) is 0 Å². The molecule has 0 aliphatic rings. The topological polar surface area (TPSA) is 35.2 Å². The standard InChI is InChI=1S/C16H17ClFNO/c1-10-8-13(18)6-7-15(10)20-16-12(9-11(2)19)4-3-5-14(16)17/h3-8,11H,9,19H2,1-2H3. The second-order valence-electron chi connectivity index (χ2n) is 4.92. The van der Waals surface area contributed by atoms with E-state index in [1.54, 1.807) is 19.1 Å². The minimum absolute atomic E-state index is 0.00475. The zero-order valence-corrected chi connectivity index (χ0v) is 12.2. The minimum atomic E-state index is -0.287. The summed E-state index contributed by atoms with van der Waals surface area (Å²) >= 11 is 6.21. The molecule has 2 N–H and O–H groups in total. The highest BCUT2D eigenvalue weighted by Gasteiger charge is 2.12. The van der Waals surface area contributed by atoms with Gasteiger partial charge in [-0.25, -0.2) is 4.39 Å². The first kappa shape index (κ1) is 14.8. The van der Waals surface area contributed by atoms with Crippen molar-refractivity contribution in [1.29, 1.82) is 0 Å². The van der Waals surface area contributed by atoms with E-state index in [9.17, 15) is 4.39 Å². The van der Waals surface area contributed by atoms with E-state index in [0.29, 0.717) is 22.9 Å². The number of ether oxygens (including phenoxy) is 1. The Morgan fingerprint density at radius 1 is 1.30 bits per heavy atom. The fourth-order valence-corrected chi connectivity index (χ4v) is 2.25. The van der Waals surface area contributed by atoms with Crippen molar-refractivity contribution in [3.8, 4) is 11.5 Å². The maximum absolute atomic E-state index is 13.1. The van der Waals surface area contributed by atoms with Gasteiger partial charge in [-0.05, 0) is 55.7 Å². The zero-order chi connectivity index (χ0) is 14.7. The van der Waals surface area contributed by atoms with Crippen molar-refractivity contribution in [2.75, 3.05) is 0 Å². The van der Waals surface area contributed by atoms with Gasteiger partial charge in [-0.2, -0.15) is 0 Å². The van der Waals surface area contributed by atoms with Crippen molar-refractivity contribution >= 4 is 11.6 Å². The van der Waals surface area contributed by atoms with Crippen LogP contribution in [0.4, 0.5) is 4.39 Å². The molecule has 1 atom stereocenters. The van der Waals surface area contributed by atoms with Gasteiger partial charge in [-0.1, -0.05) is 23.7 Å². The monoisotopic (exact) mass is 293 g/mol. The fourth-order valence-electron chi connectivity index (χ4n) is 2.01. The summed E-state index contributed by atoms with van der Waals surface area (Å²) < 4.78 is 19.0. The van der Waals surface area contributed by atoms with Gasteiger partial charge in [-0.15, -0.1) is 0 Å². The first-order chi connectivity index (χ1) is 9.47. The molecule has 2 aromatic rings. The number of nitrogens with two attached hydrogens (primary N) is 1. The smallest absolute Gasteiger partial charge is 0.149 e. The van der Waals surface area contributed by atoms with Gasteiger partial charge in [0, 0.05) is 6.04 Å². The van der Waals surface area contributed by atoms with Crippen LogP contribution in [0.25, 0.3) is 0 Å². The van der Waals surface area contributed by atoms with E-state index in [1.165, 1.54) is 12.1 Å². The van der Waals surface area contributed by atoms with Crippen LogP contribution in [-0.2, 0) is 6.42 Å². The van der Waals surface area contributed by atoms with Crippen LogP contribution < -0.4 is 10.5 Å². The lowest BCUT2D eigenvalue weighted by Gasteiger charge is -2.15. The summed E-state index contributed by atoms with van der Waals surface area (Å²) in [6.45, 7) is 3.72. The lowest BCUT2D eigenvalue weighted by Crippen LogP contribution is -2.18. The molecule has 2 rings (SSSR count). The molecule has 0 aromatic heterocycles. The molecule has 106 valence electrons. The summed E-state index contributed by atoms with van der Waals surface area (Å²) in [6, 6.07) is 9.96. The van der Waals surface area contributed by atoms with Crippen molar-refractivity contribution in [3.05, 3.63) is 58.4 Å². The lowest BCUT2D eigenvalue weighted by molar-refractivity contribution is 0.468. The zero-order valence-electron chi connectivity index (χ0n) is 11.5. The fraction of sp³-hybridized carbons (Fsp3) is 0.250. The Morgan fingerprint density at radius 2 is 2.05 bits per heavy atom. The van der Waals surface area contributed by atoms with Crippen LogP contribution in [0.15, 0.2) is 36.4 Å². The van der Waals surface area contributed by atoms with E-state index in [-0.39, 0.29) is 11.9 Å². The quantitative estimate of drug-likeness (QED) is 0.902. The maximum Gasteiger partial charge on any atom is 0.149 e. The van der Waals surface area contributed by atoms with Gasteiger partial charge < -0.3 is 10.5 Å². The number of aryl methyl sites for hydroxylation is 1. The van der Waals surface area contributed by atoms with Crippen LogP contribution in [0, 0.1) is 12.7 Å². The molecule has 20 heavy (non-hydrogen) atoms. The minimum Gasteiger partial charge on any atom is -0.455 e. The van der Waals surface area contributed by atoms with Gasteiger partial charge in [-0.3, -0.25) is 0 Å². The van der Waals surface area contributed by atoms with Crippen molar-refractivity contribution < 1.29 is 9.13 Å². The Balaban J connectivity index is 2.37. The Labute approximate surface area is 123 Å². The van der Waals surface area contributed by atoms with Crippen molar-refractivity contribution in [1.82, 2.24) is 0 Å². The van der Waals surface area contributed by atoms with Gasteiger partial charge in [0.1, 0.15) is 17.3 Å². The number of halogens is 2. The predicted octanol–water partition coefficient (Wildman–Crippen LogP) is 4.47. The molecule has 2 nitrogen and oxygen atoms in total. The molecule has 0 fully saturated rings. The molecule has 0 spiro atoms. The predicted molar refractivity (Wildman–Crippen MR) is 80.0 cm³/mol. The van der Waals surface area contributed by atoms with Crippen molar-refractivity contribution in [2.24, 2.45) is 5.73 Å². The summed E-state index contributed by atoms with van der Waals surface area (Å²) in [5.74, 6) is 0.886. The molecule has 0 saturated carbocycles. The van der Waals surface area contributed by atoms with Crippen molar-refractivity contribution in [3.63, 3.8) is 0 Å². The molecular weight excluding hydrogens is 277 g/mol. The number of benzene rings is 2. The molecule has 0 aliphatic carbocycles. The van der Waals surface area contributed by atoms with E-state index in [1.807, 2.05) is 19.1 Å². The van der Waals surface area contributed by atoms with E-state index in [0.717, 1.165) is 11.1 Å². The molecule has 0 amide bonds. The number of rotatable bonds is 4. The largest absolute Gasteiger partial charge is 0.455 e. The van der Waals surface area contributed by atoms with Gasteiger partial charge in [0.05, 0.1) is 5.02 Å². The van der Waals surface area contributed by atoms with Crippen LogP contribution in [-0.4, -0.2) is 6.04 Å². The first-order valence-corrected chi connectivity index (χ1v) is 6.82. The number of para-hydroxylation sites is 1. The third kappa shape index (κ3) is 3.50. The Bertz CT molecular complexity index is 613. The Hall–Kier alpha value is -1.58. The summed E-state index contributed by atoms with van der Waals surface area (Å²) in [5, 5.41) is 0.520. The third-order valence-corrected chi connectivity index (χ3v) is 3.24. The van der Waals surface area contributed by atoms with Crippen LogP contribution in [0.1, 0.15) is 18.1 Å². The summed E-state index contributed by atoms with van der Waals surface area (Å²) in [5.41, 5.74) is 7.50. The van der Waals surface area contributed by atoms with Crippen LogP contribution in [0.2, 0.25) is 5.02 Å². The van der Waals surface area contributed by atoms with E-state index < -0.39 is 0 Å². The lowest BCUT2D eigenvalue weighted by atomic mass is 10.1. The van der Waals surface area contributed by atoms with Gasteiger partial charge in [0.25, 0.3) is 0 Å². The summed E-state index contributed by atoms with van der Waals surface area (Å²) in [7, 11) is 0. The average molecular weight is 294 g/mol. The summed E-state index contributed by atoms with van der Waals surface area (Å²) in [6.07, 6.45) is 0.663. The van der Waals surface area contributed by atoms with Gasteiger partial charge >= 0.3 is 0 Å². The van der Waals surface area contributed by atoms with E-state index >= 15 is 0 Å². The Morgan fingerprint density at radius 3 is 2.70 bits per heavy atom. The number of hydrogen-bond donors (Lipinski definition) is 1. The molecule has 1 unspecified atom stereocenters. The molecular formula is C16H17ClFNO. The third-order valence-electron chi connectivity index (χ3n) is 2.94. The SMILES string of the molecule is Cc1cc(F)ccc1Oc1c(Cl)cccc1CC(C)N. The highest BCUT2D eigenvalue weighted by Crippen LogP contribution is 2.35. The van der Waals surface area contributed by atoms with E-state index in [2.05, 4.69) is 0 Å².